The minimum atomic E-state index is 0.181. The number of allylic oxidation sites excluding steroid dienone is 1. The zero-order valence-electron chi connectivity index (χ0n) is 12.0. The third-order valence-electron chi connectivity index (χ3n) is 3.78. The van der Waals surface area contributed by atoms with Crippen molar-refractivity contribution in [2.45, 2.75) is 12.8 Å². The average molecular weight is 294 g/mol. The van der Waals surface area contributed by atoms with Crippen molar-refractivity contribution in [3.63, 3.8) is 0 Å². The van der Waals surface area contributed by atoms with E-state index in [1.54, 1.807) is 24.0 Å². The standard InChI is InChI=1S/C15H14N6O/c1-22-14-13-10(4-7-21(13)20-15(16)19-14)9-2-3-11-12(8-9)18-6-5-17-11/h4-8H,2-3H2,1H3,(H2,16,20). The molecule has 0 amide bonds. The highest BCUT2D eigenvalue weighted by Crippen LogP contribution is 2.34. The first kappa shape index (κ1) is 12.8. The van der Waals surface area contributed by atoms with E-state index in [1.165, 1.54) is 5.57 Å². The number of nitrogen functional groups attached to an aromatic ring is 1. The number of rotatable bonds is 2. The van der Waals surface area contributed by atoms with Gasteiger partial charge in [0, 0.05) is 24.2 Å². The van der Waals surface area contributed by atoms with Gasteiger partial charge in [-0.15, -0.1) is 5.10 Å². The average Bonchev–Trinajstić information content (AvgIpc) is 2.97. The molecule has 0 spiro atoms. The Labute approximate surface area is 126 Å². The molecular formula is C15H14N6O. The molecule has 3 aromatic heterocycles. The maximum absolute atomic E-state index is 5.70. The minimum Gasteiger partial charge on any atom is -0.479 e. The summed E-state index contributed by atoms with van der Waals surface area (Å²) in [4.78, 5) is 12.9. The molecule has 110 valence electrons. The van der Waals surface area contributed by atoms with Gasteiger partial charge in [-0.25, -0.2) is 4.52 Å². The van der Waals surface area contributed by atoms with Crippen LogP contribution in [0.15, 0.2) is 24.7 Å². The maximum atomic E-state index is 5.70. The molecule has 1 aliphatic carbocycles. The second kappa shape index (κ2) is 4.80. The third-order valence-corrected chi connectivity index (χ3v) is 3.78. The fraction of sp³-hybridized carbons (Fsp3) is 0.200. The second-order valence-electron chi connectivity index (χ2n) is 5.06. The lowest BCUT2D eigenvalue weighted by atomic mass is 9.94. The lowest BCUT2D eigenvalue weighted by Gasteiger charge is -2.14. The molecule has 3 heterocycles. The SMILES string of the molecule is COc1nc(N)nn2ccc(C3=Cc4nccnc4CC3)c12. The van der Waals surface area contributed by atoms with Crippen molar-refractivity contribution in [3.8, 4) is 5.88 Å². The summed E-state index contributed by atoms with van der Waals surface area (Å²) in [7, 11) is 1.58. The molecule has 0 unspecified atom stereocenters. The van der Waals surface area contributed by atoms with E-state index in [-0.39, 0.29) is 5.95 Å². The Bertz CT molecular complexity index is 898. The summed E-state index contributed by atoms with van der Waals surface area (Å²) in [6.45, 7) is 0. The molecule has 22 heavy (non-hydrogen) atoms. The van der Waals surface area contributed by atoms with Crippen molar-refractivity contribution in [2.75, 3.05) is 12.8 Å². The molecule has 0 saturated heterocycles. The van der Waals surface area contributed by atoms with Gasteiger partial charge in [-0.05, 0) is 30.6 Å². The van der Waals surface area contributed by atoms with Crippen LogP contribution >= 0.6 is 0 Å². The number of aromatic nitrogens is 5. The van der Waals surface area contributed by atoms with Crippen molar-refractivity contribution >= 4 is 23.1 Å². The van der Waals surface area contributed by atoms with Crippen LogP contribution < -0.4 is 10.5 Å². The van der Waals surface area contributed by atoms with E-state index < -0.39 is 0 Å². The minimum absolute atomic E-state index is 0.181. The van der Waals surface area contributed by atoms with E-state index in [4.69, 9.17) is 10.5 Å². The molecule has 0 fully saturated rings. The first-order valence-corrected chi connectivity index (χ1v) is 6.96. The molecule has 1 aliphatic rings. The third kappa shape index (κ3) is 1.90. The summed E-state index contributed by atoms with van der Waals surface area (Å²) in [6, 6.07) is 2.00. The van der Waals surface area contributed by atoms with Crippen molar-refractivity contribution in [3.05, 3.63) is 41.6 Å². The molecule has 3 aromatic rings. The van der Waals surface area contributed by atoms with Crippen LogP contribution in [0.1, 0.15) is 23.4 Å². The topological polar surface area (TPSA) is 91.2 Å². The lowest BCUT2D eigenvalue weighted by molar-refractivity contribution is 0.400. The predicted molar refractivity (Wildman–Crippen MR) is 82.2 cm³/mol. The molecule has 0 atom stereocenters. The number of ether oxygens (including phenoxy) is 1. The van der Waals surface area contributed by atoms with Crippen LogP contribution in [-0.2, 0) is 6.42 Å². The largest absolute Gasteiger partial charge is 0.479 e. The van der Waals surface area contributed by atoms with Gasteiger partial charge in [-0.2, -0.15) is 4.98 Å². The van der Waals surface area contributed by atoms with E-state index in [9.17, 15) is 0 Å². The predicted octanol–water partition coefficient (Wildman–Crippen LogP) is 1.60. The van der Waals surface area contributed by atoms with Crippen molar-refractivity contribution in [1.29, 1.82) is 0 Å². The number of nitrogens with zero attached hydrogens (tertiary/aromatic N) is 5. The summed E-state index contributed by atoms with van der Waals surface area (Å²) >= 11 is 0. The Hall–Kier alpha value is -2.96. The van der Waals surface area contributed by atoms with Crippen LogP contribution in [-0.4, -0.2) is 31.7 Å². The summed E-state index contributed by atoms with van der Waals surface area (Å²) < 4.78 is 7.06. The normalized spacial score (nSPS) is 13.8. The van der Waals surface area contributed by atoms with Gasteiger partial charge in [0.2, 0.25) is 11.8 Å². The van der Waals surface area contributed by atoms with Gasteiger partial charge < -0.3 is 10.5 Å². The van der Waals surface area contributed by atoms with Gasteiger partial charge in [-0.3, -0.25) is 9.97 Å². The Morgan fingerprint density at radius 3 is 2.95 bits per heavy atom. The number of aryl methyl sites for hydroxylation is 1. The zero-order chi connectivity index (χ0) is 15.1. The lowest BCUT2D eigenvalue weighted by Crippen LogP contribution is -2.06. The zero-order valence-corrected chi connectivity index (χ0v) is 12.0. The molecule has 0 aromatic carbocycles. The molecular weight excluding hydrogens is 280 g/mol. The Kier molecular flexibility index (Phi) is 2.78. The quantitative estimate of drug-likeness (QED) is 0.772. The Morgan fingerprint density at radius 1 is 1.23 bits per heavy atom. The van der Waals surface area contributed by atoms with Crippen LogP contribution in [0.5, 0.6) is 5.88 Å². The highest BCUT2D eigenvalue weighted by Gasteiger charge is 2.19. The van der Waals surface area contributed by atoms with Crippen molar-refractivity contribution in [1.82, 2.24) is 24.6 Å². The van der Waals surface area contributed by atoms with E-state index in [0.29, 0.717) is 5.88 Å². The number of hydrogen-bond acceptors (Lipinski definition) is 6. The number of nitrogens with two attached hydrogens (primary N) is 1. The fourth-order valence-electron chi connectivity index (χ4n) is 2.80. The number of methoxy groups -OCH3 is 1. The summed E-state index contributed by atoms with van der Waals surface area (Å²) in [5.74, 6) is 0.652. The molecule has 2 N–H and O–H groups in total. The van der Waals surface area contributed by atoms with Crippen LogP contribution in [0.3, 0.4) is 0 Å². The summed E-state index contributed by atoms with van der Waals surface area (Å²) in [6.07, 6.45) is 9.12. The highest BCUT2D eigenvalue weighted by molar-refractivity contribution is 5.90. The van der Waals surface area contributed by atoms with Crippen LogP contribution in [0.4, 0.5) is 5.95 Å². The smallest absolute Gasteiger partial charge is 0.243 e. The molecule has 0 radical (unpaired) electrons. The van der Waals surface area contributed by atoms with E-state index in [1.807, 2.05) is 12.3 Å². The van der Waals surface area contributed by atoms with Gasteiger partial charge in [0.05, 0.1) is 18.5 Å². The fourth-order valence-corrected chi connectivity index (χ4v) is 2.80. The molecule has 7 nitrogen and oxygen atoms in total. The van der Waals surface area contributed by atoms with E-state index >= 15 is 0 Å². The number of anilines is 1. The van der Waals surface area contributed by atoms with Crippen LogP contribution in [0.25, 0.3) is 17.2 Å². The van der Waals surface area contributed by atoms with Gasteiger partial charge >= 0.3 is 0 Å². The molecule has 4 rings (SSSR count). The van der Waals surface area contributed by atoms with Gasteiger partial charge in [0.25, 0.3) is 0 Å². The number of fused-ring (bicyclic) bond motifs is 2. The Balaban J connectivity index is 1.91. The van der Waals surface area contributed by atoms with Gasteiger partial charge in [-0.1, -0.05) is 0 Å². The maximum Gasteiger partial charge on any atom is 0.243 e. The van der Waals surface area contributed by atoms with Crippen molar-refractivity contribution in [2.24, 2.45) is 0 Å². The monoisotopic (exact) mass is 294 g/mol. The summed E-state index contributed by atoms with van der Waals surface area (Å²) in [5, 5.41) is 4.19. The molecule has 0 bridgehead atoms. The second-order valence-corrected chi connectivity index (χ2v) is 5.06. The number of hydrogen-bond donors (Lipinski definition) is 1. The van der Waals surface area contributed by atoms with Crippen LogP contribution in [0.2, 0.25) is 0 Å². The van der Waals surface area contributed by atoms with Gasteiger partial charge in [0.1, 0.15) is 5.52 Å². The summed E-state index contributed by atoms with van der Waals surface area (Å²) in [5.41, 5.74) is 10.7. The van der Waals surface area contributed by atoms with Crippen LogP contribution in [0, 0.1) is 0 Å². The highest BCUT2D eigenvalue weighted by atomic mass is 16.5. The van der Waals surface area contributed by atoms with E-state index in [0.717, 1.165) is 35.3 Å². The first-order valence-electron chi connectivity index (χ1n) is 6.96. The molecule has 0 saturated carbocycles. The molecule has 7 heteroatoms. The molecule has 0 aliphatic heterocycles. The Morgan fingerprint density at radius 2 is 2.09 bits per heavy atom. The van der Waals surface area contributed by atoms with Gasteiger partial charge in [0.15, 0.2) is 0 Å². The van der Waals surface area contributed by atoms with Crippen molar-refractivity contribution < 1.29 is 4.74 Å². The van der Waals surface area contributed by atoms with E-state index in [2.05, 4.69) is 26.1 Å². The first-order chi connectivity index (χ1) is 10.8.